The van der Waals surface area contributed by atoms with Gasteiger partial charge in [0.15, 0.2) is 0 Å². The third-order valence-corrected chi connectivity index (χ3v) is 2.32. The van der Waals surface area contributed by atoms with Gasteiger partial charge in [0.2, 0.25) is 0 Å². The first-order chi connectivity index (χ1) is 7.01. The van der Waals surface area contributed by atoms with Crippen LogP contribution >= 0.6 is 11.3 Å². The number of nitrogens with zero attached hydrogens (tertiary/aromatic N) is 1. The van der Waals surface area contributed by atoms with Crippen LogP contribution in [0.3, 0.4) is 0 Å². The number of halogens is 3. The van der Waals surface area contributed by atoms with Gasteiger partial charge in [0.05, 0.1) is 12.3 Å². The molecular formula is C8H11F3N2OS. The zero-order chi connectivity index (χ0) is 11.3. The van der Waals surface area contributed by atoms with Gasteiger partial charge in [-0.05, 0) is 7.05 Å². The first kappa shape index (κ1) is 12.4. The number of hydrogen-bond acceptors (Lipinski definition) is 4. The van der Waals surface area contributed by atoms with E-state index >= 15 is 0 Å². The highest BCUT2D eigenvalue weighted by molar-refractivity contribution is 7.09. The molecule has 15 heavy (non-hydrogen) atoms. The van der Waals surface area contributed by atoms with Gasteiger partial charge in [-0.15, -0.1) is 11.3 Å². The van der Waals surface area contributed by atoms with Crippen molar-refractivity contribution in [2.45, 2.75) is 19.3 Å². The average Bonchev–Trinajstić information content (AvgIpc) is 2.51. The molecule has 0 aliphatic heterocycles. The second-order valence-corrected chi connectivity index (χ2v) is 3.81. The van der Waals surface area contributed by atoms with Crippen LogP contribution in [0, 0.1) is 0 Å². The van der Waals surface area contributed by atoms with Crippen LogP contribution < -0.4 is 5.32 Å². The zero-order valence-corrected chi connectivity index (χ0v) is 8.91. The van der Waals surface area contributed by atoms with Crippen LogP contribution in [-0.2, 0) is 17.9 Å². The molecule has 0 aromatic carbocycles. The summed E-state index contributed by atoms with van der Waals surface area (Å²) in [7, 11) is 1.78. The maximum atomic E-state index is 11.7. The van der Waals surface area contributed by atoms with E-state index in [0.717, 1.165) is 5.69 Å². The summed E-state index contributed by atoms with van der Waals surface area (Å²) in [6.07, 6.45) is -4.27. The van der Waals surface area contributed by atoms with Gasteiger partial charge in [0.25, 0.3) is 0 Å². The predicted molar refractivity (Wildman–Crippen MR) is 50.6 cm³/mol. The Labute approximate surface area is 89.3 Å². The van der Waals surface area contributed by atoms with Crippen molar-refractivity contribution < 1.29 is 17.9 Å². The maximum absolute atomic E-state index is 11.7. The van der Waals surface area contributed by atoms with Crippen molar-refractivity contribution in [3.63, 3.8) is 0 Å². The molecule has 0 aliphatic rings. The molecule has 0 spiro atoms. The second kappa shape index (κ2) is 5.43. The number of rotatable bonds is 5. The van der Waals surface area contributed by atoms with E-state index in [1.807, 2.05) is 0 Å². The fourth-order valence-corrected chi connectivity index (χ4v) is 1.66. The Morgan fingerprint density at radius 1 is 1.53 bits per heavy atom. The quantitative estimate of drug-likeness (QED) is 0.854. The van der Waals surface area contributed by atoms with Crippen LogP contribution in [0.2, 0.25) is 0 Å². The Hall–Kier alpha value is -0.660. The Bertz CT molecular complexity index is 300. The fraction of sp³-hybridized carbons (Fsp3) is 0.625. The molecule has 0 aliphatic carbocycles. The van der Waals surface area contributed by atoms with Crippen LogP contribution in [-0.4, -0.2) is 24.8 Å². The average molecular weight is 240 g/mol. The Morgan fingerprint density at radius 2 is 2.27 bits per heavy atom. The van der Waals surface area contributed by atoms with E-state index in [2.05, 4.69) is 15.0 Å². The van der Waals surface area contributed by atoms with Crippen LogP contribution in [0.25, 0.3) is 0 Å². The maximum Gasteiger partial charge on any atom is 0.411 e. The number of hydrogen-bond donors (Lipinski definition) is 1. The summed E-state index contributed by atoms with van der Waals surface area (Å²) in [6.45, 7) is -0.711. The third kappa shape index (κ3) is 5.10. The van der Waals surface area contributed by atoms with Crippen molar-refractivity contribution in [2.24, 2.45) is 0 Å². The predicted octanol–water partition coefficient (Wildman–Crippen LogP) is 1.94. The lowest BCUT2D eigenvalue weighted by molar-refractivity contribution is -0.176. The summed E-state index contributed by atoms with van der Waals surface area (Å²) in [6, 6.07) is 0. The molecule has 0 fully saturated rings. The molecule has 1 N–H and O–H groups in total. The molecule has 1 aromatic rings. The summed E-state index contributed by atoms with van der Waals surface area (Å²) in [5.41, 5.74) is 0.813. The molecule has 1 rings (SSSR count). The van der Waals surface area contributed by atoms with E-state index in [-0.39, 0.29) is 6.61 Å². The van der Waals surface area contributed by atoms with E-state index in [0.29, 0.717) is 11.6 Å². The summed E-state index contributed by atoms with van der Waals surface area (Å²) < 4.78 is 39.7. The first-order valence-electron chi connectivity index (χ1n) is 4.23. The molecule has 0 atom stereocenters. The van der Waals surface area contributed by atoms with Gasteiger partial charge in [0.1, 0.15) is 11.6 Å². The lowest BCUT2D eigenvalue weighted by atomic mass is 10.5. The molecule has 86 valence electrons. The van der Waals surface area contributed by atoms with Gasteiger partial charge in [0, 0.05) is 11.9 Å². The SMILES string of the molecule is CNCc1csc(COCC(F)(F)F)n1. The van der Waals surface area contributed by atoms with Gasteiger partial charge in [-0.1, -0.05) is 0 Å². The minimum atomic E-state index is -4.27. The lowest BCUT2D eigenvalue weighted by Gasteiger charge is -2.05. The Morgan fingerprint density at radius 3 is 2.87 bits per heavy atom. The smallest absolute Gasteiger partial charge is 0.365 e. The number of aromatic nitrogens is 1. The molecule has 3 nitrogen and oxygen atoms in total. The van der Waals surface area contributed by atoms with Crippen molar-refractivity contribution in [1.82, 2.24) is 10.3 Å². The molecule has 0 saturated heterocycles. The monoisotopic (exact) mass is 240 g/mol. The Kier molecular flexibility index (Phi) is 4.49. The molecule has 0 amide bonds. The van der Waals surface area contributed by atoms with Crippen LogP contribution in [0.1, 0.15) is 10.7 Å². The highest BCUT2D eigenvalue weighted by Crippen LogP contribution is 2.16. The topological polar surface area (TPSA) is 34.1 Å². The fourth-order valence-electron chi connectivity index (χ4n) is 0.932. The van der Waals surface area contributed by atoms with Crippen molar-refractivity contribution >= 4 is 11.3 Å². The summed E-state index contributed by atoms with van der Waals surface area (Å²) in [5, 5.41) is 5.26. The van der Waals surface area contributed by atoms with Crippen molar-refractivity contribution in [1.29, 1.82) is 0 Å². The van der Waals surface area contributed by atoms with Crippen LogP contribution in [0.5, 0.6) is 0 Å². The lowest BCUT2D eigenvalue weighted by Crippen LogP contribution is -2.16. The molecular weight excluding hydrogens is 229 g/mol. The molecule has 0 saturated carbocycles. The highest BCUT2D eigenvalue weighted by Gasteiger charge is 2.27. The van der Waals surface area contributed by atoms with E-state index in [1.54, 1.807) is 12.4 Å². The molecule has 1 aromatic heterocycles. The van der Waals surface area contributed by atoms with E-state index in [4.69, 9.17) is 0 Å². The summed E-state index contributed by atoms with van der Waals surface area (Å²) in [5.74, 6) is 0. The van der Waals surface area contributed by atoms with Crippen LogP contribution in [0.4, 0.5) is 13.2 Å². The van der Waals surface area contributed by atoms with Gasteiger partial charge >= 0.3 is 6.18 Å². The van der Waals surface area contributed by atoms with E-state index in [1.165, 1.54) is 11.3 Å². The number of thiazole rings is 1. The van der Waals surface area contributed by atoms with Gasteiger partial charge in [-0.3, -0.25) is 0 Å². The van der Waals surface area contributed by atoms with Crippen molar-refractivity contribution in [3.8, 4) is 0 Å². The highest BCUT2D eigenvalue weighted by atomic mass is 32.1. The van der Waals surface area contributed by atoms with Gasteiger partial charge in [-0.25, -0.2) is 4.98 Å². The summed E-state index contributed by atoms with van der Waals surface area (Å²) in [4.78, 5) is 4.08. The standard InChI is InChI=1S/C8H11F3N2OS/c1-12-2-6-4-15-7(13-6)3-14-5-8(9,10)11/h4,12H,2-3,5H2,1H3. The molecule has 0 bridgehead atoms. The number of ether oxygens (including phenoxy) is 1. The number of nitrogens with one attached hydrogen (secondary N) is 1. The van der Waals surface area contributed by atoms with Crippen molar-refractivity contribution in [2.75, 3.05) is 13.7 Å². The minimum Gasteiger partial charge on any atom is -0.365 e. The van der Waals surface area contributed by atoms with Crippen LogP contribution in [0.15, 0.2) is 5.38 Å². The van der Waals surface area contributed by atoms with Gasteiger partial charge < -0.3 is 10.1 Å². The van der Waals surface area contributed by atoms with E-state index in [9.17, 15) is 13.2 Å². The second-order valence-electron chi connectivity index (χ2n) is 2.87. The molecule has 0 unspecified atom stereocenters. The van der Waals surface area contributed by atoms with Crippen molar-refractivity contribution in [3.05, 3.63) is 16.1 Å². The first-order valence-corrected chi connectivity index (χ1v) is 5.11. The van der Waals surface area contributed by atoms with E-state index < -0.39 is 12.8 Å². The molecule has 7 heteroatoms. The number of alkyl halides is 3. The Balaban J connectivity index is 2.31. The normalized spacial score (nSPS) is 12.0. The summed E-state index contributed by atoms with van der Waals surface area (Å²) >= 11 is 1.30. The van der Waals surface area contributed by atoms with Gasteiger partial charge in [-0.2, -0.15) is 13.2 Å². The third-order valence-electron chi connectivity index (χ3n) is 1.45. The molecule has 1 heterocycles. The molecule has 0 radical (unpaired) electrons. The largest absolute Gasteiger partial charge is 0.411 e. The zero-order valence-electron chi connectivity index (χ0n) is 8.10. The minimum absolute atomic E-state index is 0.0894.